The van der Waals surface area contributed by atoms with Crippen LogP contribution < -0.4 is 15.4 Å². The van der Waals surface area contributed by atoms with Crippen molar-refractivity contribution in [2.75, 3.05) is 32.5 Å². The molecular formula is C17H26F2N4O3S. The number of guanidine groups is 1. The Morgan fingerprint density at radius 1 is 1.30 bits per heavy atom. The monoisotopic (exact) mass is 404 g/mol. The lowest BCUT2D eigenvalue weighted by molar-refractivity contribution is 0.0200. The molecule has 10 heteroatoms. The maximum Gasteiger partial charge on any atom is 0.213 e. The van der Waals surface area contributed by atoms with Gasteiger partial charge >= 0.3 is 0 Å². The van der Waals surface area contributed by atoms with Crippen LogP contribution in [0.5, 0.6) is 0 Å². The van der Waals surface area contributed by atoms with Gasteiger partial charge in [-0.25, -0.2) is 21.9 Å². The zero-order chi connectivity index (χ0) is 19.7. The number of hydrogen-bond acceptors (Lipinski definition) is 4. The van der Waals surface area contributed by atoms with Crippen molar-refractivity contribution >= 4 is 16.0 Å². The molecule has 0 spiro atoms. The van der Waals surface area contributed by atoms with Crippen molar-refractivity contribution in [3.63, 3.8) is 0 Å². The van der Waals surface area contributed by atoms with Gasteiger partial charge in [0.05, 0.1) is 11.9 Å². The quantitative estimate of drug-likeness (QED) is 0.446. The largest absolute Gasteiger partial charge is 0.377 e. The molecular weight excluding hydrogens is 378 g/mol. The first kappa shape index (κ1) is 21.5. The Hall–Kier alpha value is -1.78. The number of rotatable bonds is 8. The van der Waals surface area contributed by atoms with Crippen LogP contribution in [0.25, 0.3) is 0 Å². The molecule has 152 valence electrons. The molecule has 0 aliphatic carbocycles. The normalized spacial score (nSPS) is 18.3. The Balaban J connectivity index is 1.72. The molecule has 1 aromatic carbocycles. The Morgan fingerprint density at radius 3 is 2.81 bits per heavy atom. The second-order valence-electron chi connectivity index (χ2n) is 6.24. The molecule has 2 rings (SSSR count). The number of nitrogens with one attached hydrogen (secondary N) is 3. The van der Waals surface area contributed by atoms with Gasteiger partial charge in [-0.05, 0) is 37.5 Å². The molecule has 27 heavy (non-hydrogen) atoms. The minimum absolute atomic E-state index is 0.0211. The van der Waals surface area contributed by atoms with E-state index in [9.17, 15) is 17.2 Å². The maximum atomic E-state index is 13.6. The summed E-state index contributed by atoms with van der Waals surface area (Å²) in [7, 11) is -1.94. The van der Waals surface area contributed by atoms with Crippen LogP contribution in [-0.2, 0) is 21.3 Å². The minimum atomic E-state index is -3.45. The van der Waals surface area contributed by atoms with Gasteiger partial charge in [-0.3, -0.25) is 4.99 Å². The Kier molecular flexibility index (Phi) is 8.39. The van der Waals surface area contributed by atoms with Crippen molar-refractivity contribution in [3.05, 3.63) is 35.4 Å². The van der Waals surface area contributed by atoms with E-state index in [0.717, 1.165) is 37.5 Å². The van der Waals surface area contributed by atoms with Gasteiger partial charge in [0, 0.05) is 38.9 Å². The topological polar surface area (TPSA) is 91.8 Å². The average molecular weight is 404 g/mol. The third-order valence-electron chi connectivity index (χ3n) is 4.15. The summed E-state index contributed by atoms with van der Waals surface area (Å²) >= 11 is 0. The van der Waals surface area contributed by atoms with Gasteiger partial charge in [-0.2, -0.15) is 0 Å². The third kappa shape index (κ3) is 7.77. The van der Waals surface area contributed by atoms with Gasteiger partial charge in [-0.15, -0.1) is 0 Å². The second-order valence-corrected chi connectivity index (χ2v) is 8.17. The molecule has 1 heterocycles. The summed E-state index contributed by atoms with van der Waals surface area (Å²) in [5, 5.41) is 5.66. The number of sulfonamides is 1. The lowest BCUT2D eigenvalue weighted by Gasteiger charge is -2.22. The molecule has 1 aliphatic rings. The van der Waals surface area contributed by atoms with Crippen LogP contribution in [0.15, 0.2) is 23.2 Å². The SMILES string of the molecule is CN=C(NCCS(=O)(=O)NCC1CCCCO1)NCc1cc(F)ccc1F. The summed E-state index contributed by atoms with van der Waals surface area (Å²) in [6, 6.07) is 3.19. The molecule has 0 amide bonds. The maximum absolute atomic E-state index is 13.6. The van der Waals surface area contributed by atoms with Gasteiger partial charge in [0.2, 0.25) is 10.0 Å². The third-order valence-corrected chi connectivity index (χ3v) is 5.49. The number of ether oxygens (including phenoxy) is 1. The molecule has 3 N–H and O–H groups in total. The van der Waals surface area contributed by atoms with Crippen molar-refractivity contribution in [2.45, 2.75) is 31.9 Å². The van der Waals surface area contributed by atoms with Crippen LogP contribution in [0.2, 0.25) is 0 Å². The summed E-state index contributed by atoms with van der Waals surface area (Å²) in [6.45, 7) is 1.08. The fourth-order valence-corrected chi connectivity index (χ4v) is 3.60. The van der Waals surface area contributed by atoms with Gasteiger partial charge in [0.15, 0.2) is 5.96 Å². The van der Waals surface area contributed by atoms with E-state index < -0.39 is 21.7 Å². The number of nitrogens with zero attached hydrogens (tertiary/aromatic N) is 1. The highest BCUT2D eigenvalue weighted by Gasteiger charge is 2.17. The van der Waals surface area contributed by atoms with Crippen molar-refractivity contribution in [3.8, 4) is 0 Å². The van der Waals surface area contributed by atoms with E-state index >= 15 is 0 Å². The van der Waals surface area contributed by atoms with Gasteiger partial charge in [0.1, 0.15) is 11.6 Å². The van der Waals surface area contributed by atoms with Crippen LogP contribution in [0.4, 0.5) is 8.78 Å². The number of aliphatic imine (C=N–C) groups is 1. The van der Waals surface area contributed by atoms with Gasteiger partial charge in [0.25, 0.3) is 0 Å². The lowest BCUT2D eigenvalue weighted by atomic mass is 10.1. The van der Waals surface area contributed by atoms with Crippen molar-refractivity contribution in [1.82, 2.24) is 15.4 Å². The summed E-state index contributed by atoms with van der Waals surface area (Å²) < 4.78 is 58.9. The van der Waals surface area contributed by atoms with Crippen LogP contribution in [0.1, 0.15) is 24.8 Å². The summed E-state index contributed by atoms with van der Waals surface area (Å²) in [6.07, 6.45) is 2.84. The number of halogens is 2. The van der Waals surface area contributed by atoms with Gasteiger partial charge < -0.3 is 15.4 Å². The zero-order valence-corrected chi connectivity index (χ0v) is 16.1. The average Bonchev–Trinajstić information content (AvgIpc) is 2.66. The zero-order valence-electron chi connectivity index (χ0n) is 15.3. The first-order chi connectivity index (χ1) is 12.9. The standard InChI is InChI=1S/C17H26F2N4O3S/c1-20-17(22-11-13-10-14(18)5-6-16(13)19)21-7-9-27(24,25)23-12-15-4-2-3-8-26-15/h5-6,10,15,23H,2-4,7-9,11-12H2,1H3,(H2,20,21,22). The predicted octanol–water partition coefficient (Wildman–Crippen LogP) is 1.12. The Bertz CT molecular complexity index is 738. The van der Waals surface area contributed by atoms with Crippen LogP contribution in [0, 0.1) is 11.6 Å². The molecule has 1 aromatic rings. The van der Waals surface area contributed by atoms with Crippen LogP contribution in [-0.4, -0.2) is 53.0 Å². The van der Waals surface area contributed by atoms with Crippen molar-refractivity contribution < 1.29 is 21.9 Å². The van der Waals surface area contributed by atoms with Crippen molar-refractivity contribution in [1.29, 1.82) is 0 Å². The Labute approximate surface area is 158 Å². The smallest absolute Gasteiger partial charge is 0.213 e. The second kappa shape index (κ2) is 10.5. The summed E-state index contributed by atoms with van der Waals surface area (Å²) in [4.78, 5) is 3.94. The van der Waals surface area contributed by atoms with Crippen molar-refractivity contribution in [2.24, 2.45) is 4.99 Å². The lowest BCUT2D eigenvalue weighted by Crippen LogP contribution is -2.42. The highest BCUT2D eigenvalue weighted by atomic mass is 32.2. The minimum Gasteiger partial charge on any atom is -0.377 e. The number of hydrogen-bond donors (Lipinski definition) is 3. The van der Waals surface area contributed by atoms with Crippen LogP contribution in [0.3, 0.4) is 0 Å². The summed E-state index contributed by atoms with van der Waals surface area (Å²) in [5.74, 6) is -0.912. The van der Waals surface area contributed by atoms with E-state index in [1.165, 1.54) is 7.05 Å². The predicted molar refractivity (Wildman–Crippen MR) is 99.9 cm³/mol. The van der Waals surface area contributed by atoms with Gasteiger partial charge in [-0.1, -0.05) is 0 Å². The van der Waals surface area contributed by atoms with E-state index in [1.54, 1.807) is 0 Å². The fraction of sp³-hybridized carbons (Fsp3) is 0.588. The highest BCUT2D eigenvalue weighted by molar-refractivity contribution is 7.89. The molecule has 1 atom stereocenters. The first-order valence-corrected chi connectivity index (χ1v) is 10.5. The molecule has 7 nitrogen and oxygen atoms in total. The molecule has 1 saturated heterocycles. The fourth-order valence-electron chi connectivity index (χ4n) is 2.64. The molecule has 1 aliphatic heterocycles. The summed E-state index contributed by atoms with van der Waals surface area (Å²) in [5.41, 5.74) is 0.153. The molecule has 0 radical (unpaired) electrons. The highest BCUT2D eigenvalue weighted by Crippen LogP contribution is 2.12. The molecule has 0 saturated carbocycles. The van der Waals surface area contributed by atoms with E-state index in [4.69, 9.17) is 4.74 Å². The van der Waals surface area contributed by atoms with Crippen LogP contribution >= 0.6 is 0 Å². The number of benzene rings is 1. The van der Waals surface area contributed by atoms with E-state index in [-0.39, 0.29) is 37.1 Å². The molecule has 0 bridgehead atoms. The Morgan fingerprint density at radius 2 is 2.11 bits per heavy atom. The molecule has 0 aromatic heterocycles. The molecule has 1 unspecified atom stereocenters. The molecule has 1 fully saturated rings. The van der Waals surface area contributed by atoms with E-state index in [1.807, 2.05) is 0 Å². The van der Waals surface area contributed by atoms with E-state index in [2.05, 4.69) is 20.3 Å². The van der Waals surface area contributed by atoms with E-state index in [0.29, 0.717) is 12.6 Å². The first-order valence-electron chi connectivity index (χ1n) is 8.87.